The van der Waals surface area contributed by atoms with Crippen molar-refractivity contribution < 1.29 is 18.3 Å². The molecule has 2 aliphatic carbocycles. The van der Waals surface area contributed by atoms with E-state index in [2.05, 4.69) is 55.1 Å². The quantitative estimate of drug-likeness (QED) is 0.363. The van der Waals surface area contributed by atoms with Gasteiger partial charge in [0.1, 0.15) is 5.75 Å². The Kier molecular flexibility index (Phi) is 7.69. The first-order valence-corrected chi connectivity index (χ1v) is 15.9. The highest BCUT2D eigenvalue weighted by Crippen LogP contribution is 2.52. The Bertz CT molecular complexity index is 1210. The molecule has 6 rings (SSSR count). The highest BCUT2D eigenvalue weighted by atomic mass is 19.3. The number of fused-ring (bicyclic) bond motifs is 3. The van der Waals surface area contributed by atoms with Crippen LogP contribution in [0.25, 0.3) is 0 Å². The summed E-state index contributed by atoms with van der Waals surface area (Å²) in [6.45, 7) is 5.78. The molecular weight excluding hydrogens is 504 g/mol. The maximum atomic E-state index is 14.8. The van der Waals surface area contributed by atoms with Crippen LogP contribution in [-0.2, 0) is 23.1 Å². The van der Waals surface area contributed by atoms with Crippen molar-refractivity contribution in [2.24, 2.45) is 11.8 Å². The van der Waals surface area contributed by atoms with Crippen LogP contribution in [0.15, 0.2) is 42.5 Å². The van der Waals surface area contributed by atoms with E-state index >= 15 is 0 Å². The summed E-state index contributed by atoms with van der Waals surface area (Å²) in [6.07, 6.45) is 8.56. The van der Waals surface area contributed by atoms with Gasteiger partial charge in [-0.2, -0.15) is 0 Å². The summed E-state index contributed by atoms with van der Waals surface area (Å²) < 4.78 is 35.6. The van der Waals surface area contributed by atoms with Crippen molar-refractivity contribution in [3.63, 3.8) is 0 Å². The summed E-state index contributed by atoms with van der Waals surface area (Å²) in [6, 6.07) is 14.9. The lowest BCUT2D eigenvalue weighted by Gasteiger charge is -2.50. The van der Waals surface area contributed by atoms with Gasteiger partial charge in [0.25, 0.3) is 0 Å². The topological polar surface area (TPSA) is 29.5 Å². The molecule has 1 saturated carbocycles. The summed E-state index contributed by atoms with van der Waals surface area (Å²) >= 11 is 0. The molecule has 0 N–H and O–H groups in total. The maximum Gasteiger partial charge on any atom is 0.248 e. The minimum absolute atomic E-state index is 0.0218. The van der Waals surface area contributed by atoms with Crippen LogP contribution in [0.4, 0.5) is 8.78 Å². The van der Waals surface area contributed by atoms with Gasteiger partial charge in [0.15, 0.2) is 0 Å². The fourth-order valence-electron chi connectivity index (χ4n) is 9.01. The highest BCUT2D eigenvalue weighted by molar-refractivity contribution is 5.81. The molecule has 5 atom stereocenters. The van der Waals surface area contributed by atoms with Crippen LogP contribution in [0.5, 0.6) is 5.75 Å². The molecule has 2 fully saturated rings. The molecule has 2 aromatic rings. The molecule has 4 aliphatic rings. The number of benzene rings is 2. The van der Waals surface area contributed by atoms with Gasteiger partial charge < -0.3 is 9.64 Å². The largest absolute Gasteiger partial charge is 0.493 e. The van der Waals surface area contributed by atoms with Crippen LogP contribution in [-0.4, -0.2) is 35.9 Å². The van der Waals surface area contributed by atoms with Gasteiger partial charge in [-0.25, -0.2) is 8.78 Å². The number of nitrogens with zero attached hydrogens (tertiary/aromatic N) is 1. The number of carbonyl (C=O) groups excluding carboxylic acids is 1. The molecule has 2 aliphatic heterocycles. The third kappa shape index (κ3) is 4.86. The number of likely N-dealkylation sites (tertiary alicyclic amines) is 1. The molecular formula is C35H45F2NO2. The van der Waals surface area contributed by atoms with Crippen molar-refractivity contribution in [2.75, 3.05) is 13.2 Å². The van der Waals surface area contributed by atoms with Crippen molar-refractivity contribution in [1.82, 2.24) is 4.90 Å². The van der Waals surface area contributed by atoms with Gasteiger partial charge in [0.2, 0.25) is 11.8 Å². The van der Waals surface area contributed by atoms with Gasteiger partial charge in [0, 0.05) is 43.2 Å². The molecule has 2 aromatic carbocycles. The molecule has 40 heavy (non-hydrogen) atoms. The normalized spacial score (nSPS) is 30.2. The Morgan fingerprint density at radius 1 is 1.05 bits per heavy atom. The van der Waals surface area contributed by atoms with Crippen LogP contribution < -0.4 is 4.74 Å². The van der Waals surface area contributed by atoms with Crippen molar-refractivity contribution in [1.29, 1.82) is 0 Å². The SMILES string of the molecule is CC[C@@H](C(=O)N1CC[C@@H](c2ccccc2)C[C@H]1C1CCCC(F)(F)C1)[C@]1(CC)CCCc2c1ccc1c2OCC1. The first-order chi connectivity index (χ1) is 19.4. The second kappa shape index (κ2) is 11.1. The van der Waals surface area contributed by atoms with Crippen LogP contribution in [0.1, 0.15) is 106 Å². The molecule has 216 valence electrons. The van der Waals surface area contributed by atoms with E-state index in [4.69, 9.17) is 4.74 Å². The Labute approximate surface area is 238 Å². The fourth-order valence-corrected chi connectivity index (χ4v) is 9.01. The van der Waals surface area contributed by atoms with E-state index in [9.17, 15) is 13.6 Å². The predicted octanol–water partition coefficient (Wildman–Crippen LogP) is 8.23. The van der Waals surface area contributed by atoms with E-state index in [1.807, 2.05) is 6.07 Å². The summed E-state index contributed by atoms with van der Waals surface area (Å²) in [5.74, 6) is -1.36. The number of carbonyl (C=O) groups is 1. The molecule has 1 saturated heterocycles. The van der Waals surface area contributed by atoms with Crippen LogP contribution in [0.3, 0.4) is 0 Å². The third-order valence-electron chi connectivity index (χ3n) is 11.0. The zero-order chi connectivity index (χ0) is 27.9. The molecule has 5 heteroatoms. The standard InChI is InChI=1S/C35H45F2NO2/c1-3-29(34(4-2)18-9-13-28-30(34)15-14-25-17-21-40-32(25)28)33(39)38-20-16-26(24-10-6-5-7-11-24)22-31(38)27-12-8-19-35(36,37)23-27/h5-7,10-11,14-15,26-27,29,31H,3-4,8-9,12-13,16-23H2,1-2H3/t26-,27?,29+,31+,34+/m1/s1. The van der Waals surface area contributed by atoms with Gasteiger partial charge in [-0.3, -0.25) is 4.79 Å². The highest BCUT2D eigenvalue weighted by Gasteiger charge is 2.50. The van der Waals surface area contributed by atoms with Crippen molar-refractivity contribution >= 4 is 5.91 Å². The number of ether oxygens (including phenoxy) is 1. The lowest BCUT2D eigenvalue weighted by Crippen LogP contribution is -2.56. The van der Waals surface area contributed by atoms with Crippen LogP contribution in [0.2, 0.25) is 0 Å². The number of hydrogen-bond acceptors (Lipinski definition) is 2. The number of halogens is 2. The summed E-state index contributed by atoms with van der Waals surface area (Å²) in [7, 11) is 0. The maximum absolute atomic E-state index is 14.8. The number of hydrogen-bond donors (Lipinski definition) is 0. The molecule has 0 aromatic heterocycles. The number of alkyl halides is 2. The predicted molar refractivity (Wildman–Crippen MR) is 155 cm³/mol. The van der Waals surface area contributed by atoms with E-state index in [1.165, 1.54) is 22.3 Å². The van der Waals surface area contributed by atoms with Gasteiger partial charge >= 0.3 is 0 Å². The minimum Gasteiger partial charge on any atom is -0.493 e. The van der Waals surface area contributed by atoms with E-state index in [1.54, 1.807) is 0 Å². The third-order valence-corrected chi connectivity index (χ3v) is 11.0. The first kappa shape index (κ1) is 27.7. The number of piperidine rings is 1. The van der Waals surface area contributed by atoms with Crippen LogP contribution >= 0.6 is 0 Å². The average Bonchev–Trinajstić information content (AvgIpc) is 3.47. The van der Waals surface area contributed by atoms with Crippen molar-refractivity contribution in [3.8, 4) is 5.75 Å². The Morgan fingerprint density at radius 3 is 2.62 bits per heavy atom. The number of amides is 1. The zero-order valence-corrected chi connectivity index (χ0v) is 24.3. The average molecular weight is 550 g/mol. The molecule has 0 radical (unpaired) electrons. The molecule has 1 amide bonds. The van der Waals surface area contributed by atoms with E-state index in [-0.39, 0.29) is 42.0 Å². The molecule has 1 unspecified atom stereocenters. The van der Waals surface area contributed by atoms with E-state index in [0.29, 0.717) is 18.9 Å². The van der Waals surface area contributed by atoms with Gasteiger partial charge in [-0.05, 0) is 91.9 Å². The summed E-state index contributed by atoms with van der Waals surface area (Å²) in [5, 5.41) is 0. The molecule has 0 spiro atoms. The first-order valence-electron chi connectivity index (χ1n) is 15.9. The van der Waals surface area contributed by atoms with Gasteiger partial charge in [-0.1, -0.05) is 56.3 Å². The van der Waals surface area contributed by atoms with Crippen molar-refractivity contribution in [3.05, 3.63) is 64.7 Å². The Hall–Kier alpha value is -2.43. The molecule has 2 heterocycles. The molecule has 0 bridgehead atoms. The van der Waals surface area contributed by atoms with Crippen LogP contribution in [0, 0.1) is 11.8 Å². The lowest BCUT2D eigenvalue weighted by molar-refractivity contribution is -0.147. The van der Waals surface area contributed by atoms with E-state index in [0.717, 1.165) is 70.1 Å². The second-order valence-corrected chi connectivity index (χ2v) is 12.9. The van der Waals surface area contributed by atoms with Gasteiger partial charge in [-0.15, -0.1) is 0 Å². The Balaban J connectivity index is 1.34. The molecule has 3 nitrogen and oxygen atoms in total. The van der Waals surface area contributed by atoms with E-state index < -0.39 is 5.92 Å². The zero-order valence-electron chi connectivity index (χ0n) is 24.3. The minimum atomic E-state index is -2.63. The summed E-state index contributed by atoms with van der Waals surface area (Å²) in [4.78, 5) is 16.9. The summed E-state index contributed by atoms with van der Waals surface area (Å²) in [5.41, 5.74) is 4.96. The number of rotatable bonds is 6. The second-order valence-electron chi connectivity index (χ2n) is 12.9. The monoisotopic (exact) mass is 549 g/mol. The smallest absolute Gasteiger partial charge is 0.248 e. The van der Waals surface area contributed by atoms with Gasteiger partial charge in [0.05, 0.1) is 6.61 Å². The fraction of sp³-hybridized carbons (Fsp3) is 0.629. The Morgan fingerprint density at radius 2 is 1.88 bits per heavy atom. The van der Waals surface area contributed by atoms with Crippen molar-refractivity contribution in [2.45, 2.75) is 114 Å². The lowest BCUT2D eigenvalue weighted by atomic mass is 9.59.